The molecule has 1 aliphatic carbocycles. The molecule has 0 N–H and O–H groups in total. The molecule has 136 valence electrons. The molecule has 0 bridgehead atoms. The fraction of sp³-hybridized carbons (Fsp3) is 0.684. The van der Waals surface area contributed by atoms with Gasteiger partial charge in [0.25, 0.3) is 0 Å². The van der Waals surface area contributed by atoms with Gasteiger partial charge in [0, 0.05) is 0 Å². The Hall–Kier alpha value is 0.107. The van der Waals surface area contributed by atoms with E-state index in [4.69, 9.17) is 38.0 Å². The molecule has 1 unspecified atom stereocenters. The number of halogens is 3. The molecule has 1 nitrogen and oxygen atoms in total. The standard InChI is InChI=1S/C19H29Cl3OSi/c1-3-15(2)16-5-7-17(8-6-16)18-9-11-19(12-10-18)23-13-4-14-24(20,21)22/h9-12,15-17H,3-8,13-14H2,1-2H3/t15?,16-,17-. The van der Waals surface area contributed by atoms with Crippen LogP contribution in [0.2, 0.25) is 6.04 Å². The van der Waals surface area contributed by atoms with E-state index in [1.54, 1.807) is 0 Å². The molecule has 5 heteroatoms. The summed E-state index contributed by atoms with van der Waals surface area (Å²) in [7, 11) is 0. The lowest BCUT2D eigenvalue weighted by atomic mass is 9.74. The van der Waals surface area contributed by atoms with Crippen LogP contribution >= 0.6 is 33.2 Å². The van der Waals surface area contributed by atoms with Crippen molar-refractivity contribution in [3.8, 4) is 5.75 Å². The minimum absolute atomic E-state index is 0.611. The number of hydrogen-bond donors (Lipinski definition) is 0. The Labute approximate surface area is 162 Å². The number of rotatable bonds is 8. The number of hydrogen-bond acceptors (Lipinski definition) is 1. The van der Waals surface area contributed by atoms with Gasteiger partial charge in [-0.1, -0.05) is 32.4 Å². The summed E-state index contributed by atoms with van der Waals surface area (Å²) in [5.74, 6) is 3.43. The average Bonchev–Trinajstić information content (AvgIpc) is 2.58. The van der Waals surface area contributed by atoms with Gasteiger partial charge in [0.15, 0.2) is 0 Å². The Morgan fingerprint density at radius 1 is 1.08 bits per heavy atom. The van der Waals surface area contributed by atoms with Gasteiger partial charge in [-0.25, -0.2) is 0 Å². The first kappa shape index (κ1) is 20.4. The number of benzene rings is 1. The molecule has 1 aromatic carbocycles. The van der Waals surface area contributed by atoms with Crippen LogP contribution in [-0.2, 0) is 0 Å². The fourth-order valence-electron chi connectivity index (χ4n) is 3.65. The summed E-state index contributed by atoms with van der Waals surface area (Å²) < 4.78 is 5.75. The molecule has 1 fully saturated rings. The lowest BCUT2D eigenvalue weighted by Gasteiger charge is -2.32. The van der Waals surface area contributed by atoms with E-state index in [9.17, 15) is 0 Å². The second kappa shape index (κ2) is 9.71. The molecule has 1 aromatic rings. The van der Waals surface area contributed by atoms with Gasteiger partial charge in [-0.05, 0) is 73.6 Å². The predicted molar refractivity (Wildman–Crippen MR) is 109 cm³/mol. The summed E-state index contributed by atoms with van der Waals surface area (Å²) >= 11 is 17.6. The van der Waals surface area contributed by atoms with Crippen LogP contribution in [-0.4, -0.2) is 12.6 Å². The van der Waals surface area contributed by atoms with Crippen molar-refractivity contribution < 1.29 is 4.74 Å². The third kappa shape index (κ3) is 6.78. The van der Waals surface area contributed by atoms with Crippen LogP contribution in [0.25, 0.3) is 0 Å². The van der Waals surface area contributed by atoms with Crippen molar-refractivity contribution in [3.63, 3.8) is 0 Å². The molecule has 24 heavy (non-hydrogen) atoms. The van der Waals surface area contributed by atoms with Crippen molar-refractivity contribution in [1.29, 1.82) is 0 Å². The van der Waals surface area contributed by atoms with Gasteiger partial charge in [0.2, 0.25) is 0 Å². The van der Waals surface area contributed by atoms with Gasteiger partial charge < -0.3 is 4.74 Å². The molecular weight excluding hydrogens is 379 g/mol. The molecule has 0 aliphatic heterocycles. The van der Waals surface area contributed by atoms with Crippen LogP contribution in [0.1, 0.15) is 63.9 Å². The van der Waals surface area contributed by atoms with E-state index in [0.717, 1.165) is 29.9 Å². The van der Waals surface area contributed by atoms with E-state index in [0.29, 0.717) is 12.7 Å². The molecule has 0 spiro atoms. The topological polar surface area (TPSA) is 9.23 Å². The lowest BCUT2D eigenvalue weighted by Crippen LogP contribution is -2.18. The molecule has 0 amide bonds. The summed E-state index contributed by atoms with van der Waals surface area (Å²) in [5.41, 5.74) is 1.46. The highest BCUT2D eigenvalue weighted by Crippen LogP contribution is 2.39. The highest BCUT2D eigenvalue weighted by atomic mass is 35.8. The van der Waals surface area contributed by atoms with Gasteiger partial charge in [0.1, 0.15) is 5.75 Å². The summed E-state index contributed by atoms with van der Waals surface area (Å²) in [6.45, 7) is 5.33. The van der Waals surface area contributed by atoms with Crippen molar-refractivity contribution in [3.05, 3.63) is 29.8 Å². The Balaban J connectivity index is 1.76. The molecule has 0 radical (unpaired) electrons. The monoisotopic (exact) mass is 406 g/mol. The Morgan fingerprint density at radius 2 is 1.71 bits per heavy atom. The highest BCUT2D eigenvalue weighted by molar-refractivity contribution is 7.64. The van der Waals surface area contributed by atoms with Crippen molar-refractivity contribution >= 4 is 39.2 Å². The van der Waals surface area contributed by atoms with E-state index < -0.39 is 6.00 Å². The van der Waals surface area contributed by atoms with E-state index in [1.807, 2.05) is 0 Å². The normalized spacial score (nSPS) is 23.0. The largest absolute Gasteiger partial charge is 0.494 e. The first-order valence-electron chi connectivity index (χ1n) is 9.18. The van der Waals surface area contributed by atoms with Gasteiger partial charge in [-0.3, -0.25) is 0 Å². The quantitative estimate of drug-likeness (QED) is 0.247. The minimum Gasteiger partial charge on any atom is -0.494 e. The van der Waals surface area contributed by atoms with E-state index >= 15 is 0 Å². The van der Waals surface area contributed by atoms with Crippen LogP contribution in [0, 0.1) is 11.8 Å². The third-order valence-corrected chi connectivity index (χ3v) is 8.07. The zero-order chi connectivity index (χ0) is 17.6. The van der Waals surface area contributed by atoms with Crippen molar-refractivity contribution in [2.75, 3.05) is 6.61 Å². The van der Waals surface area contributed by atoms with E-state index in [-0.39, 0.29) is 0 Å². The Morgan fingerprint density at radius 3 is 2.25 bits per heavy atom. The molecule has 1 atom stereocenters. The van der Waals surface area contributed by atoms with Crippen LogP contribution in [0.15, 0.2) is 24.3 Å². The SMILES string of the molecule is CCC(C)[C@H]1CC[C@H](c2ccc(OCCC[Si](Cl)(Cl)Cl)cc2)CC1. The lowest BCUT2D eigenvalue weighted by molar-refractivity contribution is 0.240. The Bertz CT molecular complexity index is 478. The zero-order valence-corrected chi connectivity index (χ0v) is 18.0. The number of ether oxygens (including phenoxy) is 1. The highest BCUT2D eigenvalue weighted by Gasteiger charge is 2.25. The summed E-state index contributed by atoms with van der Waals surface area (Å²) in [6, 6.07) is 6.77. The predicted octanol–water partition coefficient (Wildman–Crippen LogP) is 7.43. The smallest absolute Gasteiger partial charge is 0.341 e. The average molecular weight is 408 g/mol. The Kier molecular flexibility index (Phi) is 8.26. The molecule has 0 saturated heterocycles. The van der Waals surface area contributed by atoms with Crippen molar-refractivity contribution in [2.24, 2.45) is 11.8 Å². The molecule has 0 heterocycles. The van der Waals surface area contributed by atoms with E-state index in [2.05, 4.69) is 38.1 Å². The molecular formula is C19H29Cl3OSi. The van der Waals surface area contributed by atoms with Crippen LogP contribution in [0.3, 0.4) is 0 Å². The van der Waals surface area contributed by atoms with E-state index in [1.165, 1.54) is 37.7 Å². The summed E-state index contributed by atoms with van der Waals surface area (Å²) in [4.78, 5) is 0. The van der Waals surface area contributed by atoms with Gasteiger partial charge in [0.05, 0.1) is 6.61 Å². The van der Waals surface area contributed by atoms with Crippen LogP contribution in [0.5, 0.6) is 5.75 Å². The molecule has 0 aromatic heterocycles. The summed E-state index contributed by atoms with van der Waals surface area (Å²) in [5, 5.41) is 0. The van der Waals surface area contributed by atoms with Crippen LogP contribution < -0.4 is 4.74 Å². The maximum absolute atomic E-state index is 5.87. The fourth-order valence-corrected chi connectivity index (χ4v) is 5.40. The van der Waals surface area contributed by atoms with Crippen molar-refractivity contribution in [2.45, 2.75) is 64.3 Å². The maximum Gasteiger partial charge on any atom is 0.341 e. The third-order valence-electron chi connectivity index (χ3n) is 5.45. The van der Waals surface area contributed by atoms with Gasteiger partial charge in [-0.15, -0.1) is 33.2 Å². The first-order valence-corrected chi connectivity index (χ1v) is 14.4. The second-order valence-electron chi connectivity index (χ2n) is 7.13. The van der Waals surface area contributed by atoms with Crippen molar-refractivity contribution in [1.82, 2.24) is 0 Å². The molecule has 1 saturated carbocycles. The molecule has 2 rings (SSSR count). The van der Waals surface area contributed by atoms with Crippen LogP contribution in [0.4, 0.5) is 0 Å². The maximum atomic E-state index is 5.87. The van der Waals surface area contributed by atoms with Gasteiger partial charge >= 0.3 is 6.00 Å². The first-order chi connectivity index (χ1) is 11.4. The minimum atomic E-state index is -2.51. The second-order valence-corrected chi connectivity index (χ2v) is 16.4. The molecule has 1 aliphatic rings. The zero-order valence-electron chi connectivity index (χ0n) is 14.7. The van der Waals surface area contributed by atoms with Gasteiger partial charge in [-0.2, -0.15) is 0 Å². The summed E-state index contributed by atoms with van der Waals surface area (Å²) in [6.07, 6.45) is 7.50.